The second-order valence-corrected chi connectivity index (χ2v) is 1.80. The number of hydrogen-bond acceptors (Lipinski definition) is 1. The molecule has 0 amide bonds. The SMILES string of the molecule is O[NH2+]c1ccc(F)c(F)c1. The summed E-state index contributed by atoms with van der Waals surface area (Å²) in [5.74, 6) is -1.87. The average Bonchev–Trinajstić information content (AvgIpc) is 1.95. The van der Waals surface area contributed by atoms with Crippen molar-refractivity contribution in [2.75, 3.05) is 0 Å². The van der Waals surface area contributed by atoms with Gasteiger partial charge < -0.3 is 0 Å². The molecule has 0 spiro atoms. The van der Waals surface area contributed by atoms with Crippen molar-refractivity contribution in [2.45, 2.75) is 0 Å². The minimum atomic E-state index is -0.956. The van der Waals surface area contributed by atoms with Crippen molar-refractivity contribution in [2.24, 2.45) is 0 Å². The normalized spacial score (nSPS) is 9.90. The minimum absolute atomic E-state index is 0.249. The maximum absolute atomic E-state index is 12.3. The Kier molecular flexibility index (Phi) is 1.94. The largest absolute Gasteiger partial charge is 0.215 e. The van der Waals surface area contributed by atoms with E-state index in [4.69, 9.17) is 5.21 Å². The van der Waals surface area contributed by atoms with Crippen LogP contribution < -0.4 is 5.48 Å². The molecule has 4 heteroatoms. The van der Waals surface area contributed by atoms with Crippen LogP contribution in [0.2, 0.25) is 0 Å². The molecule has 1 aromatic rings. The summed E-state index contributed by atoms with van der Waals surface area (Å²) in [6.45, 7) is 0. The Balaban J connectivity index is 3.04. The van der Waals surface area contributed by atoms with Crippen LogP contribution in [0.1, 0.15) is 0 Å². The molecule has 0 saturated carbocycles. The minimum Gasteiger partial charge on any atom is -0.215 e. The zero-order valence-corrected chi connectivity index (χ0v) is 5.01. The number of hydrogen-bond donors (Lipinski definition) is 2. The van der Waals surface area contributed by atoms with E-state index in [0.29, 0.717) is 5.48 Å². The van der Waals surface area contributed by atoms with Gasteiger partial charge in [0.2, 0.25) is 0 Å². The first-order chi connectivity index (χ1) is 4.74. The third-order valence-corrected chi connectivity index (χ3v) is 1.09. The Morgan fingerprint density at radius 1 is 1.20 bits per heavy atom. The van der Waals surface area contributed by atoms with Gasteiger partial charge >= 0.3 is 0 Å². The van der Waals surface area contributed by atoms with Crippen LogP contribution in [0.15, 0.2) is 18.2 Å². The molecule has 10 heavy (non-hydrogen) atoms. The summed E-state index contributed by atoms with van der Waals surface area (Å²) in [5.41, 5.74) is 0.960. The van der Waals surface area contributed by atoms with Crippen LogP contribution in [0.4, 0.5) is 14.5 Å². The summed E-state index contributed by atoms with van der Waals surface area (Å²) in [4.78, 5) is 0. The fourth-order valence-electron chi connectivity index (χ4n) is 0.593. The summed E-state index contributed by atoms with van der Waals surface area (Å²) in [5, 5.41) is 8.34. The molecule has 0 saturated heterocycles. The van der Waals surface area contributed by atoms with Crippen LogP contribution in [0, 0.1) is 11.6 Å². The molecule has 0 radical (unpaired) electrons. The highest BCUT2D eigenvalue weighted by atomic mass is 19.2. The van der Waals surface area contributed by atoms with Crippen LogP contribution >= 0.6 is 0 Å². The van der Waals surface area contributed by atoms with Gasteiger partial charge in [0, 0.05) is 12.1 Å². The predicted molar refractivity (Wildman–Crippen MR) is 29.7 cm³/mol. The highest BCUT2D eigenvalue weighted by Crippen LogP contribution is 2.07. The topological polar surface area (TPSA) is 36.8 Å². The molecule has 0 fully saturated rings. The lowest BCUT2D eigenvalue weighted by Crippen LogP contribution is -2.73. The fourth-order valence-corrected chi connectivity index (χ4v) is 0.593. The monoisotopic (exact) mass is 146 g/mol. The van der Waals surface area contributed by atoms with E-state index in [1.165, 1.54) is 6.07 Å². The molecule has 0 aliphatic carbocycles. The van der Waals surface area contributed by atoms with E-state index in [9.17, 15) is 8.78 Å². The molecule has 0 heterocycles. The highest BCUT2D eigenvalue weighted by Gasteiger charge is 2.02. The van der Waals surface area contributed by atoms with Crippen molar-refractivity contribution >= 4 is 5.69 Å². The molecular weight excluding hydrogens is 140 g/mol. The number of halogens is 2. The molecular formula is C6H6F2NO+. The molecule has 1 rings (SSSR count). The van der Waals surface area contributed by atoms with Crippen LogP contribution in [0.25, 0.3) is 0 Å². The van der Waals surface area contributed by atoms with Crippen molar-refractivity contribution in [3.63, 3.8) is 0 Å². The van der Waals surface area contributed by atoms with Crippen molar-refractivity contribution in [3.05, 3.63) is 29.8 Å². The van der Waals surface area contributed by atoms with Crippen LogP contribution in [-0.4, -0.2) is 5.21 Å². The molecule has 0 aliphatic rings. The lowest BCUT2D eigenvalue weighted by Gasteiger charge is -1.92. The van der Waals surface area contributed by atoms with Gasteiger partial charge in [0.15, 0.2) is 17.3 Å². The van der Waals surface area contributed by atoms with Crippen molar-refractivity contribution in [3.8, 4) is 0 Å². The first-order valence-corrected chi connectivity index (χ1v) is 2.66. The molecule has 54 valence electrons. The van der Waals surface area contributed by atoms with Crippen LogP contribution in [0.3, 0.4) is 0 Å². The maximum atomic E-state index is 12.3. The Morgan fingerprint density at radius 2 is 1.90 bits per heavy atom. The molecule has 0 unspecified atom stereocenters. The first kappa shape index (κ1) is 7.11. The zero-order chi connectivity index (χ0) is 7.56. The number of nitrogens with two attached hydrogens (primary N) is 1. The second-order valence-electron chi connectivity index (χ2n) is 1.80. The van der Waals surface area contributed by atoms with E-state index in [1.54, 1.807) is 0 Å². The number of quaternary nitrogens is 1. The van der Waals surface area contributed by atoms with Gasteiger partial charge in [-0.2, -0.15) is 5.48 Å². The molecule has 0 atom stereocenters. The number of benzene rings is 1. The van der Waals surface area contributed by atoms with Gasteiger partial charge in [0.05, 0.1) is 0 Å². The lowest BCUT2D eigenvalue weighted by molar-refractivity contribution is -0.825. The van der Waals surface area contributed by atoms with Gasteiger partial charge in [0.25, 0.3) is 0 Å². The predicted octanol–water partition coefficient (Wildman–Crippen LogP) is 0.549. The second kappa shape index (κ2) is 2.72. The molecule has 1 aromatic carbocycles. The third kappa shape index (κ3) is 1.29. The summed E-state index contributed by atoms with van der Waals surface area (Å²) in [6.07, 6.45) is 0. The van der Waals surface area contributed by atoms with Crippen LogP contribution in [-0.2, 0) is 0 Å². The fraction of sp³-hybridized carbons (Fsp3) is 0. The Morgan fingerprint density at radius 3 is 2.40 bits per heavy atom. The van der Waals surface area contributed by atoms with Gasteiger partial charge in [-0.15, -0.1) is 0 Å². The van der Waals surface area contributed by atoms with E-state index >= 15 is 0 Å². The average molecular weight is 146 g/mol. The van der Waals surface area contributed by atoms with E-state index in [0.717, 1.165) is 12.1 Å². The Labute approximate surface area is 56.1 Å². The quantitative estimate of drug-likeness (QED) is 0.440. The number of rotatable bonds is 1. The van der Waals surface area contributed by atoms with Gasteiger partial charge in [0.1, 0.15) is 0 Å². The summed E-state index contributed by atoms with van der Waals surface area (Å²) < 4.78 is 24.4. The van der Waals surface area contributed by atoms with Gasteiger partial charge in [-0.1, -0.05) is 0 Å². The molecule has 0 aliphatic heterocycles. The van der Waals surface area contributed by atoms with Crippen molar-refractivity contribution in [1.82, 2.24) is 0 Å². The molecule has 0 aromatic heterocycles. The summed E-state index contributed by atoms with van der Waals surface area (Å²) in [6, 6.07) is 3.14. The van der Waals surface area contributed by atoms with Crippen molar-refractivity contribution < 1.29 is 19.5 Å². The summed E-state index contributed by atoms with van der Waals surface area (Å²) in [7, 11) is 0. The van der Waals surface area contributed by atoms with Crippen molar-refractivity contribution in [1.29, 1.82) is 0 Å². The Hall–Kier alpha value is -1.00. The molecule has 2 nitrogen and oxygen atoms in total. The lowest BCUT2D eigenvalue weighted by atomic mass is 10.3. The Bertz CT molecular complexity index is 239. The van der Waals surface area contributed by atoms with E-state index in [1.807, 2.05) is 0 Å². The first-order valence-electron chi connectivity index (χ1n) is 2.66. The standard InChI is InChI=1S/C6H5F2NO/c7-5-2-1-4(9-10)3-6(5)8/h1-3,9-10H/p+1. The van der Waals surface area contributed by atoms with Gasteiger partial charge in [-0.05, 0) is 6.07 Å². The highest BCUT2D eigenvalue weighted by molar-refractivity contribution is 5.28. The smallest absolute Gasteiger partial charge is 0.164 e. The van der Waals surface area contributed by atoms with Gasteiger partial charge in [-0.25, -0.2) is 14.0 Å². The third-order valence-electron chi connectivity index (χ3n) is 1.09. The summed E-state index contributed by atoms with van der Waals surface area (Å²) >= 11 is 0. The van der Waals surface area contributed by atoms with Crippen LogP contribution in [0.5, 0.6) is 0 Å². The van der Waals surface area contributed by atoms with E-state index in [2.05, 4.69) is 0 Å². The van der Waals surface area contributed by atoms with E-state index in [-0.39, 0.29) is 5.69 Å². The molecule has 0 bridgehead atoms. The maximum Gasteiger partial charge on any atom is 0.164 e. The van der Waals surface area contributed by atoms with Gasteiger partial charge in [-0.3, -0.25) is 0 Å². The van der Waals surface area contributed by atoms with E-state index < -0.39 is 11.6 Å². The molecule has 3 N–H and O–H groups in total. The zero-order valence-electron chi connectivity index (χ0n) is 5.01.